The van der Waals surface area contributed by atoms with Gasteiger partial charge in [-0.3, -0.25) is 24.2 Å². The second-order valence-corrected chi connectivity index (χ2v) is 9.59. The Labute approximate surface area is 232 Å². The molecule has 0 saturated carbocycles. The third-order valence-corrected chi connectivity index (χ3v) is 6.34. The highest BCUT2D eigenvalue weighted by Gasteiger charge is 2.29. The number of carbonyl (C=O) groups excluding carboxylic acids is 3. The first-order valence-electron chi connectivity index (χ1n) is 13.2. The summed E-state index contributed by atoms with van der Waals surface area (Å²) in [5, 5.41) is 17.8. The molecule has 0 spiro atoms. The van der Waals surface area contributed by atoms with Gasteiger partial charge in [0, 0.05) is 23.6 Å². The van der Waals surface area contributed by atoms with Crippen LogP contribution in [0, 0.1) is 0 Å². The molecule has 0 bridgehead atoms. The van der Waals surface area contributed by atoms with Gasteiger partial charge in [0.2, 0.25) is 17.7 Å². The molecule has 4 atom stereocenters. The summed E-state index contributed by atoms with van der Waals surface area (Å²) in [6.45, 7) is 1.92. The van der Waals surface area contributed by atoms with Gasteiger partial charge in [0.25, 0.3) is 0 Å². The number of fused-ring (bicyclic) bond motifs is 1. The zero-order chi connectivity index (χ0) is 29.7. The molecule has 0 aliphatic carbocycles. The Morgan fingerprint density at radius 3 is 2.23 bits per heavy atom. The molecule has 220 valence electrons. The highest BCUT2D eigenvalue weighted by atomic mass is 16.4. The van der Waals surface area contributed by atoms with Crippen molar-refractivity contribution >= 4 is 40.6 Å². The number of aromatic amines is 1. The lowest BCUT2D eigenvalue weighted by Crippen LogP contribution is -2.57. The van der Waals surface area contributed by atoms with Gasteiger partial charge in [-0.2, -0.15) is 0 Å². The number of carboxylic acids is 1. The second kappa shape index (κ2) is 16.1. The van der Waals surface area contributed by atoms with E-state index in [0.29, 0.717) is 25.8 Å². The maximum absolute atomic E-state index is 13.3. The Kier molecular flexibility index (Phi) is 12.9. The summed E-state index contributed by atoms with van der Waals surface area (Å²) in [6, 6.07) is 3.46. The van der Waals surface area contributed by atoms with Crippen molar-refractivity contribution in [2.24, 2.45) is 27.9 Å². The van der Waals surface area contributed by atoms with Gasteiger partial charge in [-0.25, -0.2) is 0 Å². The van der Waals surface area contributed by atoms with Crippen LogP contribution in [0.15, 0.2) is 35.5 Å². The summed E-state index contributed by atoms with van der Waals surface area (Å²) in [5.41, 5.74) is 24.3. The minimum atomic E-state index is -1.23. The van der Waals surface area contributed by atoms with Crippen molar-refractivity contribution in [3.63, 3.8) is 0 Å². The van der Waals surface area contributed by atoms with Crippen LogP contribution < -0.4 is 38.9 Å². The Balaban J connectivity index is 2.12. The molecular weight excluding hydrogens is 518 g/mol. The number of aliphatic carboxylic acids is 1. The second-order valence-electron chi connectivity index (χ2n) is 9.59. The maximum Gasteiger partial charge on any atom is 0.325 e. The van der Waals surface area contributed by atoms with Crippen LogP contribution in [0.5, 0.6) is 0 Å². The number of carbonyl (C=O) groups is 4. The molecule has 1 heterocycles. The number of hydrogen-bond donors (Lipinski definition) is 9. The van der Waals surface area contributed by atoms with Crippen LogP contribution in [0.3, 0.4) is 0 Å². The predicted molar refractivity (Wildman–Crippen MR) is 152 cm³/mol. The van der Waals surface area contributed by atoms with E-state index >= 15 is 0 Å². The molecule has 1 aromatic carbocycles. The first kappa shape index (κ1) is 32.0. The zero-order valence-corrected chi connectivity index (χ0v) is 22.7. The van der Waals surface area contributed by atoms with Gasteiger partial charge in [0.15, 0.2) is 5.96 Å². The topological polar surface area (TPSA) is 257 Å². The molecule has 40 heavy (non-hydrogen) atoms. The number of para-hydroxylation sites is 1. The SMILES string of the molecule is CC(NC(=O)C(CCCN=C(N)N)NC(=O)C(CCCCN)NC(=O)C(N)Cc1c[nH]c2ccccc12)C(=O)O. The third-order valence-electron chi connectivity index (χ3n) is 6.34. The Hall–Kier alpha value is -4.17. The zero-order valence-electron chi connectivity index (χ0n) is 22.7. The summed E-state index contributed by atoms with van der Waals surface area (Å²) in [5.74, 6) is -3.15. The molecule has 0 aliphatic rings. The van der Waals surface area contributed by atoms with Crippen LogP contribution in [0.1, 0.15) is 44.6 Å². The van der Waals surface area contributed by atoms with Crippen LogP contribution >= 0.6 is 0 Å². The number of nitrogens with two attached hydrogens (primary N) is 4. The Bertz CT molecular complexity index is 1180. The number of guanidine groups is 1. The quantitative estimate of drug-likeness (QED) is 0.0638. The standard InChI is InChI=1S/C26H41N9O5/c1-15(25(39)40)33-23(37)21(10-6-12-31-26(29)30)35-24(38)20(9-4-5-11-27)34-22(36)18(28)13-16-14-32-19-8-3-2-7-17(16)19/h2-3,7-8,14-15,18,20-21,32H,4-6,9-13,27-28H2,1H3,(H,33,37)(H,34,36)(H,35,38)(H,39,40)(H4,29,30,31). The summed E-state index contributed by atoms with van der Waals surface area (Å²) in [6.07, 6.45) is 3.94. The Morgan fingerprint density at radius 1 is 0.950 bits per heavy atom. The van der Waals surface area contributed by atoms with Gasteiger partial charge in [0.1, 0.15) is 18.1 Å². The largest absolute Gasteiger partial charge is 0.480 e. The lowest BCUT2D eigenvalue weighted by molar-refractivity contribution is -0.141. The van der Waals surface area contributed by atoms with Gasteiger partial charge in [-0.05, 0) is 63.6 Å². The first-order chi connectivity index (χ1) is 19.0. The van der Waals surface area contributed by atoms with Crippen LogP contribution in [-0.2, 0) is 25.6 Å². The smallest absolute Gasteiger partial charge is 0.325 e. The number of amides is 3. The van der Waals surface area contributed by atoms with Crippen molar-refractivity contribution in [1.82, 2.24) is 20.9 Å². The number of carboxylic acid groups (broad SMARTS) is 1. The van der Waals surface area contributed by atoms with Crippen molar-refractivity contribution in [2.45, 2.75) is 69.6 Å². The van der Waals surface area contributed by atoms with Gasteiger partial charge in [0.05, 0.1) is 6.04 Å². The molecular formula is C26H41N9O5. The fourth-order valence-electron chi connectivity index (χ4n) is 4.09. The number of hydrogen-bond acceptors (Lipinski definition) is 7. The molecule has 0 radical (unpaired) electrons. The molecule has 0 aliphatic heterocycles. The van der Waals surface area contributed by atoms with Crippen molar-refractivity contribution in [3.8, 4) is 0 Å². The average molecular weight is 560 g/mol. The average Bonchev–Trinajstić information content (AvgIpc) is 3.31. The molecule has 14 heteroatoms. The summed E-state index contributed by atoms with van der Waals surface area (Å²) in [7, 11) is 0. The maximum atomic E-state index is 13.3. The number of unbranched alkanes of at least 4 members (excludes halogenated alkanes) is 1. The van der Waals surface area contributed by atoms with E-state index < -0.39 is 47.9 Å². The first-order valence-corrected chi connectivity index (χ1v) is 13.2. The van der Waals surface area contributed by atoms with E-state index in [-0.39, 0.29) is 31.8 Å². The molecule has 2 rings (SSSR count). The molecule has 2 aromatic rings. The number of nitrogens with one attached hydrogen (secondary N) is 4. The van der Waals surface area contributed by atoms with E-state index in [1.807, 2.05) is 24.3 Å². The van der Waals surface area contributed by atoms with Gasteiger partial charge in [-0.15, -0.1) is 0 Å². The fourth-order valence-corrected chi connectivity index (χ4v) is 4.09. The van der Waals surface area contributed by atoms with Crippen molar-refractivity contribution in [3.05, 3.63) is 36.0 Å². The molecule has 3 amide bonds. The summed E-state index contributed by atoms with van der Waals surface area (Å²) in [4.78, 5) is 57.4. The number of benzene rings is 1. The molecule has 1 aromatic heterocycles. The van der Waals surface area contributed by atoms with Crippen molar-refractivity contribution in [1.29, 1.82) is 0 Å². The van der Waals surface area contributed by atoms with Crippen molar-refractivity contribution in [2.75, 3.05) is 13.1 Å². The monoisotopic (exact) mass is 559 g/mol. The third kappa shape index (κ3) is 10.2. The number of rotatable bonds is 17. The number of aromatic nitrogens is 1. The van der Waals surface area contributed by atoms with E-state index in [9.17, 15) is 19.2 Å². The predicted octanol–water partition coefficient (Wildman–Crippen LogP) is -1.22. The molecule has 14 nitrogen and oxygen atoms in total. The number of nitrogens with zero attached hydrogens (tertiary/aromatic N) is 1. The number of aliphatic imine (C=N–C) groups is 1. The van der Waals surface area contributed by atoms with Crippen molar-refractivity contribution < 1.29 is 24.3 Å². The lowest BCUT2D eigenvalue weighted by Gasteiger charge is -2.25. The molecule has 13 N–H and O–H groups in total. The summed E-state index contributed by atoms with van der Waals surface area (Å²) >= 11 is 0. The fraction of sp³-hybridized carbons (Fsp3) is 0.500. The van der Waals surface area contributed by atoms with Gasteiger partial charge in [-0.1, -0.05) is 18.2 Å². The molecule has 0 fully saturated rings. The van der Waals surface area contributed by atoms with Crippen LogP contribution in [0.4, 0.5) is 0 Å². The van der Waals surface area contributed by atoms with Crippen LogP contribution in [0.25, 0.3) is 10.9 Å². The minimum Gasteiger partial charge on any atom is -0.480 e. The Morgan fingerprint density at radius 2 is 1.57 bits per heavy atom. The number of H-pyrrole nitrogens is 1. The van der Waals surface area contributed by atoms with Crippen LogP contribution in [0.2, 0.25) is 0 Å². The van der Waals surface area contributed by atoms with E-state index in [4.69, 9.17) is 28.0 Å². The normalized spacial score (nSPS) is 14.0. The van der Waals surface area contributed by atoms with Gasteiger partial charge < -0.3 is 49.0 Å². The van der Waals surface area contributed by atoms with E-state index in [2.05, 4.69) is 25.9 Å². The molecule has 0 saturated heterocycles. The lowest BCUT2D eigenvalue weighted by atomic mass is 10.0. The highest BCUT2D eigenvalue weighted by molar-refractivity contribution is 5.94. The van der Waals surface area contributed by atoms with E-state index in [1.165, 1.54) is 6.92 Å². The van der Waals surface area contributed by atoms with Crippen LogP contribution in [-0.4, -0.2) is 77.0 Å². The van der Waals surface area contributed by atoms with Gasteiger partial charge >= 0.3 is 5.97 Å². The minimum absolute atomic E-state index is 0.115. The highest BCUT2D eigenvalue weighted by Crippen LogP contribution is 2.19. The van der Waals surface area contributed by atoms with E-state index in [1.54, 1.807) is 6.20 Å². The molecule has 4 unspecified atom stereocenters. The van der Waals surface area contributed by atoms with E-state index in [0.717, 1.165) is 16.5 Å². The summed E-state index contributed by atoms with van der Waals surface area (Å²) < 4.78 is 0.